The largest absolute Gasteiger partial charge is 0.332 e. The summed E-state index contributed by atoms with van der Waals surface area (Å²) in [7, 11) is 2.03. The van der Waals surface area contributed by atoms with Crippen molar-refractivity contribution in [2.45, 2.75) is 5.85 Å². The molecule has 0 radical (unpaired) electrons. The molecule has 0 aliphatic carbocycles. The molecule has 1 aromatic rings. The Kier molecular flexibility index (Phi) is 1.42. The van der Waals surface area contributed by atoms with Crippen molar-refractivity contribution in [2.75, 3.05) is 18.6 Å². The summed E-state index contributed by atoms with van der Waals surface area (Å²) in [6.07, 6.45) is 4.10. The molecule has 0 N–H and O–H groups in total. The minimum atomic E-state index is -0.221. The molecule has 1 spiro atoms. The minimum Gasteiger partial charge on any atom is -0.332 e. The van der Waals surface area contributed by atoms with Crippen LogP contribution in [0.5, 0.6) is 0 Å². The molecule has 0 bridgehead atoms. The topological polar surface area (TPSA) is 19.0 Å². The first-order valence-electron chi connectivity index (χ1n) is 4.72. The predicted octanol–water partition coefficient (Wildman–Crippen LogP) is 1.59. The van der Waals surface area contributed by atoms with Crippen LogP contribution in [0.2, 0.25) is 0 Å². The summed E-state index contributed by atoms with van der Waals surface area (Å²) < 4.78 is 5.53. The van der Waals surface area contributed by atoms with Gasteiger partial charge in [0.05, 0.1) is 0 Å². The summed E-state index contributed by atoms with van der Waals surface area (Å²) in [6.45, 7) is 0.769. The fourth-order valence-electron chi connectivity index (χ4n) is 1.85. The number of ether oxygens (including phenoxy) is 1. The SMILES string of the molecule is CN1C=CN(c2ccccc2)C12CO2. The van der Waals surface area contributed by atoms with Crippen molar-refractivity contribution < 1.29 is 4.74 Å². The highest BCUT2D eigenvalue weighted by molar-refractivity contribution is 5.54. The maximum absolute atomic E-state index is 5.53. The molecule has 1 fully saturated rings. The van der Waals surface area contributed by atoms with Gasteiger partial charge < -0.3 is 9.64 Å². The fraction of sp³-hybridized carbons (Fsp3) is 0.273. The number of nitrogens with zero attached hydrogens (tertiary/aromatic N) is 2. The quantitative estimate of drug-likeness (QED) is 0.624. The Labute approximate surface area is 83.2 Å². The number of benzene rings is 1. The monoisotopic (exact) mass is 188 g/mol. The van der Waals surface area contributed by atoms with Gasteiger partial charge >= 0.3 is 0 Å². The van der Waals surface area contributed by atoms with Gasteiger partial charge in [0.15, 0.2) is 0 Å². The lowest BCUT2D eigenvalue weighted by Crippen LogP contribution is -2.40. The fourth-order valence-corrected chi connectivity index (χ4v) is 1.85. The van der Waals surface area contributed by atoms with Crippen molar-refractivity contribution in [2.24, 2.45) is 0 Å². The van der Waals surface area contributed by atoms with Crippen LogP contribution >= 0.6 is 0 Å². The van der Waals surface area contributed by atoms with Crippen molar-refractivity contribution >= 4 is 5.69 Å². The summed E-state index contributed by atoms with van der Waals surface area (Å²) in [4.78, 5) is 4.26. The molecule has 0 aromatic heterocycles. The molecule has 2 aliphatic rings. The van der Waals surface area contributed by atoms with Crippen LogP contribution in [-0.2, 0) is 4.74 Å². The van der Waals surface area contributed by atoms with E-state index < -0.39 is 0 Å². The molecule has 1 atom stereocenters. The second-order valence-electron chi connectivity index (χ2n) is 3.65. The van der Waals surface area contributed by atoms with Gasteiger partial charge in [0.2, 0.25) is 5.85 Å². The molecule has 1 saturated heterocycles. The lowest BCUT2D eigenvalue weighted by molar-refractivity contribution is 0.172. The van der Waals surface area contributed by atoms with E-state index in [4.69, 9.17) is 4.74 Å². The maximum Gasteiger partial charge on any atom is 0.249 e. The highest BCUT2D eigenvalue weighted by Crippen LogP contribution is 2.41. The highest BCUT2D eigenvalue weighted by atomic mass is 16.6. The summed E-state index contributed by atoms with van der Waals surface area (Å²) in [5.41, 5.74) is 1.17. The van der Waals surface area contributed by atoms with Gasteiger partial charge in [0.25, 0.3) is 0 Å². The van der Waals surface area contributed by atoms with E-state index in [0.717, 1.165) is 6.61 Å². The molecule has 0 amide bonds. The van der Waals surface area contributed by atoms with Crippen molar-refractivity contribution in [3.63, 3.8) is 0 Å². The summed E-state index contributed by atoms with van der Waals surface area (Å²) in [5, 5.41) is 0. The van der Waals surface area contributed by atoms with Gasteiger partial charge in [-0.15, -0.1) is 0 Å². The van der Waals surface area contributed by atoms with Crippen LogP contribution in [-0.4, -0.2) is 24.4 Å². The third-order valence-electron chi connectivity index (χ3n) is 2.80. The van der Waals surface area contributed by atoms with Crippen LogP contribution in [0.3, 0.4) is 0 Å². The van der Waals surface area contributed by atoms with E-state index in [1.165, 1.54) is 5.69 Å². The standard InChI is InChI=1S/C11H12N2O/c1-12-7-8-13(11(12)9-14-11)10-5-3-2-4-6-10/h2-8H,9H2,1H3. The molecule has 3 nitrogen and oxygen atoms in total. The number of rotatable bonds is 1. The maximum atomic E-state index is 5.53. The third-order valence-corrected chi connectivity index (χ3v) is 2.80. The smallest absolute Gasteiger partial charge is 0.249 e. The van der Waals surface area contributed by atoms with Gasteiger partial charge in [-0.3, -0.25) is 4.90 Å². The summed E-state index contributed by atoms with van der Waals surface area (Å²) in [6, 6.07) is 10.3. The van der Waals surface area contributed by atoms with Crippen LogP contribution in [0.15, 0.2) is 42.7 Å². The van der Waals surface area contributed by atoms with E-state index >= 15 is 0 Å². The lowest BCUT2D eigenvalue weighted by Gasteiger charge is -2.26. The van der Waals surface area contributed by atoms with Crippen molar-refractivity contribution in [1.82, 2.24) is 4.90 Å². The van der Waals surface area contributed by atoms with Gasteiger partial charge in [0.1, 0.15) is 6.61 Å². The normalized spacial score (nSPS) is 28.9. The predicted molar refractivity (Wildman–Crippen MR) is 54.5 cm³/mol. The zero-order valence-corrected chi connectivity index (χ0v) is 8.05. The van der Waals surface area contributed by atoms with Crippen molar-refractivity contribution in [1.29, 1.82) is 0 Å². The van der Waals surface area contributed by atoms with E-state index in [-0.39, 0.29) is 5.85 Å². The molecule has 2 heterocycles. The van der Waals surface area contributed by atoms with Gasteiger partial charge in [-0.25, -0.2) is 0 Å². The second-order valence-corrected chi connectivity index (χ2v) is 3.65. The molecule has 3 heteroatoms. The number of epoxide rings is 1. The van der Waals surface area contributed by atoms with E-state index in [1.54, 1.807) is 0 Å². The summed E-state index contributed by atoms with van der Waals surface area (Å²) >= 11 is 0. The first kappa shape index (κ1) is 7.88. The average Bonchev–Trinajstić information content (AvgIpc) is 2.94. The Morgan fingerprint density at radius 1 is 1.21 bits per heavy atom. The first-order chi connectivity index (χ1) is 6.83. The van der Waals surface area contributed by atoms with Gasteiger partial charge in [-0.2, -0.15) is 0 Å². The molecule has 3 rings (SSSR count). The molecule has 14 heavy (non-hydrogen) atoms. The average molecular weight is 188 g/mol. The number of hydrogen-bond acceptors (Lipinski definition) is 3. The van der Waals surface area contributed by atoms with E-state index in [0.29, 0.717) is 0 Å². The highest BCUT2D eigenvalue weighted by Gasteiger charge is 2.55. The Balaban J connectivity index is 1.98. The van der Waals surface area contributed by atoms with Crippen LogP contribution in [0.25, 0.3) is 0 Å². The van der Waals surface area contributed by atoms with E-state index in [9.17, 15) is 0 Å². The van der Waals surface area contributed by atoms with Crippen LogP contribution in [0.1, 0.15) is 0 Å². The molecule has 2 aliphatic heterocycles. The minimum absolute atomic E-state index is 0.221. The lowest BCUT2D eigenvalue weighted by atomic mass is 10.3. The zero-order valence-electron chi connectivity index (χ0n) is 8.05. The van der Waals surface area contributed by atoms with Gasteiger partial charge in [0, 0.05) is 25.1 Å². The van der Waals surface area contributed by atoms with E-state index in [2.05, 4.69) is 28.1 Å². The Hall–Kier alpha value is -1.48. The molecule has 1 unspecified atom stereocenters. The van der Waals surface area contributed by atoms with Crippen LogP contribution in [0, 0.1) is 0 Å². The number of likely N-dealkylation sites (N-methyl/N-ethyl adjacent to an activating group) is 1. The number of hydrogen-bond donors (Lipinski definition) is 0. The Morgan fingerprint density at radius 2 is 1.93 bits per heavy atom. The van der Waals surface area contributed by atoms with Gasteiger partial charge in [-0.05, 0) is 12.1 Å². The van der Waals surface area contributed by atoms with Crippen molar-refractivity contribution in [3.05, 3.63) is 42.7 Å². The molecular formula is C11H12N2O. The Morgan fingerprint density at radius 3 is 2.57 bits per heavy atom. The summed E-state index contributed by atoms with van der Waals surface area (Å²) in [5.74, 6) is -0.221. The van der Waals surface area contributed by atoms with Crippen LogP contribution in [0.4, 0.5) is 5.69 Å². The first-order valence-corrected chi connectivity index (χ1v) is 4.72. The zero-order chi connectivity index (χ0) is 9.60. The van der Waals surface area contributed by atoms with Crippen LogP contribution < -0.4 is 4.90 Å². The second kappa shape index (κ2) is 2.51. The van der Waals surface area contributed by atoms with Crippen molar-refractivity contribution in [3.8, 4) is 0 Å². The number of para-hydroxylation sites is 1. The van der Waals surface area contributed by atoms with Gasteiger partial charge in [-0.1, -0.05) is 18.2 Å². The third kappa shape index (κ3) is 0.902. The Bertz CT molecular complexity index is 370. The number of anilines is 1. The molecule has 1 aromatic carbocycles. The molecule has 0 saturated carbocycles. The molecular weight excluding hydrogens is 176 g/mol. The van der Waals surface area contributed by atoms with E-state index in [1.807, 2.05) is 31.4 Å². The molecule has 72 valence electrons.